The van der Waals surface area contributed by atoms with Gasteiger partial charge >= 0.3 is 0 Å². The highest BCUT2D eigenvalue weighted by Gasteiger charge is 2.13. The summed E-state index contributed by atoms with van der Waals surface area (Å²) in [6, 6.07) is 14.9. The summed E-state index contributed by atoms with van der Waals surface area (Å²) in [5.41, 5.74) is 1.10. The molecule has 0 aliphatic carbocycles. The molecule has 2 aromatic carbocycles. The number of rotatable bonds is 8. The third-order valence-corrected chi connectivity index (χ3v) is 5.04. The fourth-order valence-electron chi connectivity index (χ4n) is 2.15. The van der Waals surface area contributed by atoms with Crippen LogP contribution < -0.4 is 4.74 Å². The number of tetrazole rings is 1. The third kappa shape index (κ3) is 5.35. The highest BCUT2D eigenvalue weighted by Crippen LogP contribution is 2.27. The molecule has 26 heavy (non-hydrogen) atoms. The molecule has 0 saturated heterocycles. The number of aromatic nitrogens is 4. The van der Waals surface area contributed by atoms with Gasteiger partial charge in [-0.05, 0) is 34.2 Å². The lowest BCUT2D eigenvalue weighted by molar-refractivity contribution is 0.126. The number of thioether (sulfide) groups is 1. The van der Waals surface area contributed by atoms with E-state index in [9.17, 15) is 5.11 Å². The van der Waals surface area contributed by atoms with Gasteiger partial charge in [-0.25, -0.2) is 4.68 Å². The molecule has 1 N–H and O–H groups in total. The second kappa shape index (κ2) is 9.23. The fraction of sp³-hybridized carbons (Fsp3) is 0.235. The van der Waals surface area contributed by atoms with E-state index < -0.39 is 6.10 Å². The molecule has 3 aromatic rings. The summed E-state index contributed by atoms with van der Waals surface area (Å²) in [6.07, 6.45) is -0.700. The molecule has 6 nitrogen and oxygen atoms in total. The van der Waals surface area contributed by atoms with Crippen molar-refractivity contribution >= 4 is 35.0 Å². The first kappa shape index (κ1) is 19.0. The van der Waals surface area contributed by atoms with Gasteiger partial charge in [-0.1, -0.05) is 65.3 Å². The summed E-state index contributed by atoms with van der Waals surface area (Å²) in [7, 11) is 0. The molecule has 0 saturated carbocycles. The SMILES string of the molecule is OC(COc1ccc(Cl)cc1Cl)CSc1nnnn1Cc1ccccc1. The second-order valence-corrected chi connectivity index (χ2v) is 7.29. The minimum Gasteiger partial charge on any atom is -0.489 e. The van der Waals surface area contributed by atoms with Gasteiger partial charge in [0.15, 0.2) is 0 Å². The van der Waals surface area contributed by atoms with Gasteiger partial charge in [-0.2, -0.15) is 0 Å². The molecule has 0 bridgehead atoms. The van der Waals surface area contributed by atoms with Gasteiger partial charge in [-0.15, -0.1) is 5.10 Å². The summed E-state index contributed by atoms with van der Waals surface area (Å²) < 4.78 is 7.24. The Balaban J connectivity index is 1.50. The van der Waals surface area contributed by atoms with Crippen molar-refractivity contribution in [3.05, 3.63) is 64.1 Å². The van der Waals surface area contributed by atoms with Crippen LogP contribution in [0.3, 0.4) is 0 Å². The Hall–Kier alpha value is -1.80. The average Bonchev–Trinajstić information content (AvgIpc) is 3.07. The zero-order valence-corrected chi connectivity index (χ0v) is 16.0. The molecule has 0 aliphatic rings. The van der Waals surface area contributed by atoms with Gasteiger partial charge < -0.3 is 9.84 Å². The number of ether oxygens (including phenoxy) is 1. The number of aliphatic hydroxyl groups is 1. The molecule has 0 amide bonds. The van der Waals surface area contributed by atoms with Crippen molar-refractivity contribution in [2.75, 3.05) is 12.4 Å². The van der Waals surface area contributed by atoms with Gasteiger partial charge in [0, 0.05) is 10.8 Å². The maximum absolute atomic E-state index is 10.1. The highest BCUT2D eigenvalue weighted by molar-refractivity contribution is 7.99. The lowest BCUT2D eigenvalue weighted by Gasteiger charge is -2.13. The average molecular weight is 411 g/mol. The van der Waals surface area contributed by atoms with Crippen LogP contribution in [-0.2, 0) is 6.54 Å². The summed E-state index contributed by atoms with van der Waals surface area (Å²) in [5.74, 6) is 0.870. The molecule has 9 heteroatoms. The maximum atomic E-state index is 10.1. The number of halogens is 2. The Morgan fingerprint density at radius 2 is 1.96 bits per heavy atom. The van der Waals surface area contributed by atoms with Crippen LogP contribution in [0.4, 0.5) is 0 Å². The van der Waals surface area contributed by atoms with Crippen LogP contribution >= 0.6 is 35.0 Å². The van der Waals surface area contributed by atoms with Crippen LogP contribution in [-0.4, -0.2) is 43.8 Å². The van der Waals surface area contributed by atoms with Crippen LogP contribution in [0.1, 0.15) is 5.56 Å². The summed E-state index contributed by atoms with van der Waals surface area (Å²) in [4.78, 5) is 0. The molecule has 3 rings (SSSR count). The molecule has 1 heterocycles. The third-order valence-electron chi connectivity index (χ3n) is 3.40. The number of hydrogen-bond donors (Lipinski definition) is 1. The van der Waals surface area contributed by atoms with Gasteiger partial charge in [0.25, 0.3) is 0 Å². The van der Waals surface area contributed by atoms with E-state index in [-0.39, 0.29) is 6.61 Å². The Bertz CT molecular complexity index is 848. The first-order valence-corrected chi connectivity index (χ1v) is 9.55. The maximum Gasteiger partial charge on any atom is 0.209 e. The van der Waals surface area contributed by atoms with Gasteiger partial charge in [-0.3, -0.25) is 0 Å². The van der Waals surface area contributed by atoms with Crippen LogP contribution in [0.2, 0.25) is 10.0 Å². The number of nitrogens with zero attached hydrogens (tertiary/aromatic N) is 4. The van der Waals surface area contributed by atoms with Crippen molar-refractivity contribution in [2.24, 2.45) is 0 Å². The van der Waals surface area contributed by atoms with Crippen LogP contribution in [0.25, 0.3) is 0 Å². The van der Waals surface area contributed by atoms with Crippen molar-refractivity contribution in [3.8, 4) is 5.75 Å². The van der Waals surface area contributed by atoms with E-state index >= 15 is 0 Å². The first-order valence-electron chi connectivity index (χ1n) is 7.80. The molecule has 0 aliphatic heterocycles. The zero-order chi connectivity index (χ0) is 18.4. The largest absolute Gasteiger partial charge is 0.489 e. The smallest absolute Gasteiger partial charge is 0.209 e. The number of hydrogen-bond acceptors (Lipinski definition) is 6. The Morgan fingerprint density at radius 1 is 1.15 bits per heavy atom. The minimum absolute atomic E-state index is 0.106. The van der Waals surface area contributed by atoms with Crippen LogP contribution in [0, 0.1) is 0 Å². The predicted molar refractivity (Wildman–Crippen MR) is 102 cm³/mol. The molecule has 1 aromatic heterocycles. The molecule has 1 atom stereocenters. The lowest BCUT2D eigenvalue weighted by atomic mass is 10.2. The fourth-order valence-corrected chi connectivity index (χ4v) is 3.40. The van der Waals surface area contributed by atoms with Gasteiger partial charge in [0.1, 0.15) is 12.4 Å². The van der Waals surface area contributed by atoms with E-state index in [4.69, 9.17) is 27.9 Å². The van der Waals surface area contributed by atoms with Crippen LogP contribution in [0.5, 0.6) is 5.75 Å². The van der Waals surface area contributed by atoms with Gasteiger partial charge in [0.05, 0.1) is 17.7 Å². The quantitative estimate of drug-likeness (QED) is 0.572. The summed E-state index contributed by atoms with van der Waals surface area (Å²) in [5, 5.41) is 23.4. The van der Waals surface area contributed by atoms with Crippen LogP contribution in [0.15, 0.2) is 53.7 Å². The monoisotopic (exact) mass is 410 g/mol. The normalized spacial score (nSPS) is 12.1. The van der Waals surface area contributed by atoms with E-state index in [0.717, 1.165) is 5.56 Å². The Morgan fingerprint density at radius 3 is 2.73 bits per heavy atom. The molecule has 0 radical (unpaired) electrons. The van der Waals surface area contributed by atoms with Crippen molar-refractivity contribution < 1.29 is 9.84 Å². The van der Waals surface area contributed by atoms with E-state index in [1.807, 2.05) is 30.3 Å². The molecular weight excluding hydrogens is 395 g/mol. The van der Waals surface area contributed by atoms with E-state index in [1.54, 1.807) is 22.9 Å². The number of aliphatic hydroxyl groups excluding tert-OH is 1. The van der Waals surface area contributed by atoms with Crippen molar-refractivity contribution in [3.63, 3.8) is 0 Å². The van der Waals surface area contributed by atoms with Crippen molar-refractivity contribution in [2.45, 2.75) is 17.8 Å². The van der Waals surface area contributed by atoms with E-state index in [2.05, 4.69) is 15.5 Å². The molecule has 136 valence electrons. The molecular formula is C17H16Cl2N4O2S. The van der Waals surface area contributed by atoms with E-state index in [1.165, 1.54) is 11.8 Å². The molecule has 0 fully saturated rings. The van der Waals surface area contributed by atoms with Crippen molar-refractivity contribution in [1.29, 1.82) is 0 Å². The van der Waals surface area contributed by atoms with E-state index in [0.29, 0.717) is 33.2 Å². The zero-order valence-electron chi connectivity index (χ0n) is 13.6. The first-order chi connectivity index (χ1) is 12.6. The minimum atomic E-state index is -0.700. The highest BCUT2D eigenvalue weighted by atomic mass is 35.5. The van der Waals surface area contributed by atoms with Gasteiger partial charge in [0.2, 0.25) is 5.16 Å². The number of benzene rings is 2. The Kier molecular flexibility index (Phi) is 6.73. The topological polar surface area (TPSA) is 73.1 Å². The Labute approximate surface area is 165 Å². The van der Waals surface area contributed by atoms with Crippen molar-refractivity contribution in [1.82, 2.24) is 20.2 Å². The summed E-state index contributed by atoms with van der Waals surface area (Å²) in [6.45, 7) is 0.678. The standard InChI is InChI=1S/C17H16Cl2N4O2S/c18-13-6-7-16(15(19)8-13)25-10-14(24)11-26-17-20-21-22-23(17)9-12-4-2-1-3-5-12/h1-8,14,24H,9-11H2. The molecule has 0 spiro atoms. The molecule has 1 unspecified atom stereocenters. The predicted octanol–water partition coefficient (Wildman–Crippen LogP) is 3.56. The lowest BCUT2D eigenvalue weighted by Crippen LogP contribution is -2.20. The second-order valence-electron chi connectivity index (χ2n) is 5.46. The summed E-state index contributed by atoms with van der Waals surface area (Å²) >= 11 is 13.3.